The first kappa shape index (κ1) is 11.0. The number of aliphatic carboxylic acids is 1. The zero-order valence-electron chi connectivity index (χ0n) is 7.91. The van der Waals surface area contributed by atoms with Crippen molar-refractivity contribution in [2.45, 2.75) is 12.5 Å². The first-order valence-corrected chi connectivity index (χ1v) is 4.09. The van der Waals surface area contributed by atoms with Gasteiger partial charge >= 0.3 is 5.97 Å². The fraction of sp³-hybridized carbons (Fsp3) is 0.222. The van der Waals surface area contributed by atoms with Gasteiger partial charge in [0.15, 0.2) is 0 Å². The van der Waals surface area contributed by atoms with Crippen LogP contribution in [0.1, 0.15) is 12.5 Å². The summed E-state index contributed by atoms with van der Waals surface area (Å²) in [6.45, 7) is 1.13. The minimum absolute atomic E-state index is 0.217. The van der Waals surface area contributed by atoms with E-state index >= 15 is 0 Å². The van der Waals surface area contributed by atoms with Crippen LogP contribution in [0.5, 0.6) is 0 Å². The van der Waals surface area contributed by atoms with Crippen molar-refractivity contribution in [2.75, 3.05) is 0 Å². The molecule has 80 valence electrons. The van der Waals surface area contributed by atoms with Gasteiger partial charge in [0.2, 0.25) is 5.60 Å². The van der Waals surface area contributed by atoms with E-state index in [4.69, 9.17) is 5.11 Å². The second kappa shape index (κ2) is 3.95. The molecule has 1 rings (SSSR count). The summed E-state index contributed by atoms with van der Waals surface area (Å²) in [5.41, 5.74) is -1.75. The van der Waals surface area contributed by atoms with Crippen LogP contribution in [0, 0.1) is 10.1 Å². The average molecular weight is 211 g/mol. The Labute approximate surface area is 85.2 Å². The highest BCUT2D eigenvalue weighted by Gasteiger charge is 2.39. The molecule has 0 saturated carbocycles. The van der Waals surface area contributed by atoms with Gasteiger partial charge in [-0.2, -0.15) is 0 Å². The molecule has 1 unspecified atom stereocenters. The van der Waals surface area contributed by atoms with Crippen LogP contribution in [0.3, 0.4) is 0 Å². The molecular weight excluding hydrogens is 202 g/mol. The van der Waals surface area contributed by atoms with Crippen LogP contribution in [-0.4, -0.2) is 16.2 Å². The van der Waals surface area contributed by atoms with Gasteiger partial charge in [0.05, 0.1) is 0 Å². The van der Waals surface area contributed by atoms with E-state index in [-0.39, 0.29) is 5.56 Å². The van der Waals surface area contributed by atoms with Gasteiger partial charge in [-0.15, -0.1) is 10.1 Å². The first-order valence-electron chi connectivity index (χ1n) is 4.09. The van der Waals surface area contributed by atoms with Crippen molar-refractivity contribution < 1.29 is 19.8 Å². The Bertz CT molecular complexity index is 377. The molecule has 0 amide bonds. The molecule has 0 fully saturated rings. The Morgan fingerprint density at radius 3 is 2.40 bits per heavy atom. The first-order chi connectivity index (χ1) is 6.97. The Morgan fingerprint density at radius 1 is 1.47 bits per heavy atom. The monoisotopic (exact) mass is 211 g/mol. The maximum absolute atomic E-state index is 10.9. The fourth-order valence-electron chi connectivity index (χ4n) is 1.12. The van der Waals surface area contributed by atoms with Gasteiger partial charge in [-0.3, -0.25) is 4.84 Å². The van der Waals surface area contributed by atoms with Crippen molar-refractivity contribution in [2.24, 2.45) is 0 Å². The van der Waals surface area contributed by atoms with Crippen LogP contribution >= 0.6 is 0 Å². The Balaban J connectivity index is 3.13. The molecule has 1 aromatic carbocycles. The summed E-state index contributed by atoms with van der Waals surface area (Å²) in [7, 11) is 0. The maximum atomic E-state index is 10.9. The molecule has 1 N–H and O–H groups in total. The number of carboxylic acids is 1. The highest BCUT2D eigenvalue weighted by molar-refractivity contribution is 5.78. The summed E-state index contributed by atoms with van der Waals surface area (Å²) in [5.74, 6) is -1.41. The highest BCUT2D eigenvalue weighted by Crippen LogP contribution is 2.25. The van der Waals surface area contributed by atoms with Crippen LogP contribution in [-0.2, 0) is 15.2 Å². The highest BCUT2D eigenvalue weighted by atomic mass is 17.0. The molecular formula is C9H9NO5. The molecule has 0 spiro atoms. The van der Waals surface area contributed by atoms with Crippen LogP contribution in [0.15, 0.2) is 30.3 Å². The zero-order chi connectivity index (χ0) is 11.5. The number of benzene rings is 1. The van der Waals surface area contributed by atoms with Gasteiger partial charge in [-0.1, -0.05) is 30.3 Å². The van der Waals surface area contributed by atoms with Gasteiger partial charge in [-0.05, 0) is 12.5 Å². The number of carboxylic acid groups (broad SMARTS) is 1. The minimum Gasteiger partial charge on any atom is -0.479 e. The van der Waals surface area contributed by atoms with E-state index in [1.54, 1.807) is 18.2 Å². The molecule has 0 bridgehead atoms. The predicted octanol–water partition coefficient (Wildman–Crippen LogP) is 1.19. The molecule has 0 aliphatic heterocycles. The summed E-state index contributed by atoms with van der Waals surface area (Å²) in [6, 6.07) is 7.76. The van der Waals surface area contributed by atoms with Crippen molar-refractivity contribution in [1.82, 2.24) is 0 Å². The topological polar surface area (TPSA) is 89.7 Å². The molecule has 1 atom stereocenters. The van der Waals surface area contributed by atoms with E-state index in [0.29, 0.717) is 0 Å². The lowest BCUT2D eigenvalue weighted by Gasteiger charge is -2.22. The van der Waals surface area contributed by atoms with E-state index in [1.807, 2.05) is 0 Å². The molecule has 6 nitrogen and oxygen atoms in total. The summed E-state index contributed by atoms with van der Waals surface area (Å²) in [5, 5.41) is 18.0. The Hall–Kier alpha value is -2.11. The minimum atomic E-state index is -1.97. The van der Waals surface area contributed by atoms with Crippen molar-refractivity contribution in [3.63, 3.8) is 0 Å². The van der Waals surface area contributed by atoms with Crippen molar-refractivity contribution in [1.29, 1.82) is 0 Å². The van der Waals surface area contributed by atoms with Crippen molar-refractivity contribution in [3.05, 3.63) is 46.0 Å². The quantitative estimate of drug-likeness (QED) is 0.596. The van der Waals surface area contributed by atoms with Gasteiger partial charge in [-0.25, -0.2) is 4.79 Å². The normalized spacial score (nSPS) is 13.9. The maximum Gasteiger partial charge on any atom is 0.340 e. The van der Waals surface area contributed by atoms with Gasteiger partial charge in [0.25, 0.3) is 5.09 Å². The largest absolute Gasteiger partial charge is 0.479 e. The number of hydrogen-bond donors (Lipinski definition) is 1. The lowest BCUT2D eigenvalue weighted by molar-refractivity contribution is -0.778. The van der Waals surface area contributed by atoms with E-state index in [0.717, 1.165) is 6.92 Å². The zero-order valence-corrected chi connectivity index (χ0v) is 7.91. The van der Waals surface area contributed by atoms with Crippen LogP contribution in [0.25, 0.3) is 0 Å². The summed E-state index contributed by atoms with van der Waals surface area (Å²) < 4.78 is 0. The Kier molecular flexibility index (Phi) is 2.89. The SMILES string of the molecule is CC(O[N+](=O)[O-])(C(=O)O)c1ccccc1. The summed E-state index contributed by atoms with van der Waals surface area (Å²) >= 11 is 0. The van der Waals surface area contributed by atoms with Gasteiger partial charge in [0.1, 0.15) is 0 Å². The van der Waals surface area contributed by atoms with E-state index in [2.05, 4.69) is 4.84 Å². The lowest BCUT2D eigenvalue weighted by Crippen LogP contribution is -2.37. The van der Waals surface area contributed by atoms with Gasteiger partial charge in [0, 0.05) is 0 Å². The fourth-order valence-corrected chi connectivity index (χ4v) is 1.12. The van der Waals surface area contributed by atoms with E-state index < -0.39 is 16.7 Å². The molecule has 0 aliphatic carbocycles. The molecule has 0 heterocycles. The van der Waals surface area contributed by atoms with E-state index in [1.165, 1.54) is 12.1 Å². The molecule has 0 aromatic heterocycles. The average Bonchev–Trinajstić information content (AvgIpc) is 2.17. The molecule has 0 aliphatic rings. The second-order valence-electron chi connectivity index (χ2n) is 3.02. The molecule has 15 heavy (non-hydrogen) atoms. The lowest BCUT2D eigenvalue weighted by atomic mass is 9.96. The number of rotatable bonds is 4. The van der Waals surface area contributed by atoms with Crippen molar-refractivity contribution >= 4 is 5.97 Å². The third kappa shape index (κ3) is 2.22. The summed E-state index contributed by atoms with van der Waals surface area (Å²) in [6.07, 6.45) is 0. The third-order valence-electron chi connectivity index (χ3n) is 1.99. The van der Waals surface area contributed by atoms with Gasteiger partial charge < -0.3 is 5.11 Å². The van der Waals surface area contributed by atoms with Crippen LogP contribution < -0.4 is 0 Å². The Morgan fingerprint density at radius 2 is 2.00 bits per heavy atom. The molecule has 0 saturated heterocycles. The van der Waals surface area contributed by atoms with Crippen LogP contribution in [0.4, 0.5) is 0 Å². The number of hydrogen-bond acceptors (Lipinski definition) is 4. The van der Waals surface area contributed by atoms with E-state index in [9.17, 15) is 14.9 Å². The third-order valence-corrected chi connectivity index (χ3v) is 1.99. The number of carbonyl (C=O) groups is 1. The standard InChI is InChI=1S/C9H9NO5/c1-9(8(11)12,15-10(13)14)7-5-3-2-4-6-7/h2-6H,1H3,(H,11,12). The summed E-state index contributed by atoms with van der Waals surface area (Å²) in [4.78, 5) is 25.3. The predicted molar refractivity (Wildman–Crippen MR) is 49.5 cm³/mol. The smallest absolute Gasteiger partial charge is 0.340 e. The van der Waals surface area contributed by atoms with Crippen LogP contribution in [0.2, 0.25) is 0 Å². The molecule has 1 aromatic rings. The molecule has 6 heteroatoms. The second-order valence-corrected chi connectivity index (χ2v) is 3.02. The van der Waals surface area contributed by atoms with Crippen molar-refractivity contribution in [3.8, 4) is 0 Å². The number of nitrogens with zero attached hydrogens (tertiary/aromatic N) is 1. The molecule has 0 radical (unpaired) electrons.